The lowest BCUT2D eigenvalue weighted by Crippen LogP contribution is -2.07. The van der Waals surface area contributed by atoms with Crippen molar-refractivity contribution in [1.82, 2.24) is 0 Å². The molecule has 1 aromatic carbocycles. The fraction of sp³-hybridized carbons (Fsp3) is 0.143. The topological polar surface area (TPSA) is 76.7 Å². The third kappa shape index (κ3) is 2.49. The first-order valence-electron chi connectivity index (χ1n) is 5.55. The lowest BCUT2D eigenvalue weighted by Gasteiger charge is -2.05. The molecule has 1 aromatic heterocycles. The molecule has 5 nitrogen and oxygen atoms in total. The van der Waals surface area contributed by atoms with Gasteiger partial charge in [-0.3, -0.25) is 4.79 Å². The number of hydrogen-bond donors (Lipinski definition) is 1. The largest absolute Gasteiger partial charge is 0.507 e. The molecule has 1 heterocycles. The zero-order valence-corrected chi connectivity index (χ0v) is 10.5. The zero-order chi connectivity index (χ0) is 14.0. The predicted octanol–water partition coefficient (Wildman–Crippen LogP) is 2.29. The summed E-state index contributed by atoms with van der Waals surface area (Å²) in [6, 6.07) is 6.57. The van der Waals surface area contributed by atoms with Gasteiger partial charge in [0.05, 0.1) is 7.11 Å². The first kappa shape index (κ1) is 12.9. The molecule has 0 aliphatic heterocycles. The highest BCUT2D eigenvalue weighted by molar-refractivity contribution is 5.94. The number of rotatable bonds is 3. The standard InChI is InChI=1S/C14H12O5/c1-8(15)6-11(16)10-7-9-4-3-5-12(18-2)13(9)19-14(10)17/h3-7,16H,1-2H3/b11-6-. The molecule has 2 aromatic rings. The molecule has 0 aliphatic carbocycles. The Hall–Kier alpha value is -2.56. The van der Waals surface area contributed by atoms with E-state index >= 15 is 0 Å². The average Bonchev–Trinajstić information content (AvgIpc) is 2.36. The van der Waals surface area contributed by atoms with Gasteiger partial charge in [-0.05, 0) is 19.1 Å². The van der Waals surface area contributed by atoms with Crippen LogP contribution in [-0.2, 0) is 4.79 Å². The highest BCUT2D eigenvalue weighted by Crippen LogP contribution is 2.25. The van der Waals surface area contributed by atoms with Gasteiger partial charge < -0.3 is 14.3 Å². The van der Waals surface area contributed by atoms with E-state index in [1.54, 1.807) is 18.2 Å². The number of carbonyl (C=O) groups is 1. The molecule has 0 atom stereocenters. The summed E-state index contributed by atoms with van der Waals surface area (Å²) in [5.41, 5.74) is -0.489. The SMILES string of the molecule is COc1cccc2cc(/C(O)=C/C(C)=O)c(=O)oc12. The van der Waals surface area contributed by atoms with Gasteiger partial charge in [-0.1, -0.05) is 12.1 Å². The van der Waals surface area contributed by atoms with Crippen LogP contribution in [0.5, 0.6) is 5.75 Å². The first-order valence-corrected chi connectivity index (χ1v) is 5.55. The minimum absolute atomic E-state index is 0.0593. The second kappa shape index (κ2) is 4.97. The highest BCUT2D eigenvalue weighted by Gasteiger charge is 2.12. The third-order valence-corrected chi connectivity index (χ3v) is 2.56. The molecule has 0 saturated heterocycles. The molecule has 2 rings (SSSR count). The van der Waals surface area contributed by atoms with Gasteiger partial charge in [-0.15, -0.1) is 0 Å². The van der Waals surface area contributed by atoms with E-state index in [2.05, 4.69) is 0 Å². The molecule has 0 unspecified atom stereocenters. The Balaban J connectivity index is 2.70. The normalized spacial score (nSPS) is 11.6. The first-order chi connectivity index (χ1) is 9.02. The Morgan fingerprint density at radius 1 is 1.42 bits per heavy atom. The van der Waals surface area contributed by atoms with Crippen LogP contribution in [0.25, 0.3) is 16.7 Å². The Labute approximate surface area is 108 Å². The number of hydrogen-bond acceptors (Lipinski definition) is 5. The van der Waals surface area contributed by atoms with E-state index in [9.17, 15) is 14.7 Å². The van der Waals surface area contributed by atoms with Crippen molar-refractivity contribution in [2.24, 2.45) is 0 Å². The molecule has 19 heavy (non-hydrogen) atoms. The Morgan fingerprint density at radius 3 is 2.79 bits per heavy atom. The number of methoxy groups -OCH3 is 1. The van der Waals surface area contributed by atoms with Crippen LogP contribution in [0.2, 0.25) is 0 Å². The maximum atomic E-state index is 11.8. The summed E-state index contributed by atoms with van der Waals surface area (Å²) in [5, 5.41) is 10.3. The quantitative estimate of drug-likeness (QED) is 0.520. The van der Waals surface area contributed by atoms with Crippen molar-refractivity contribution in [3.63, 3.8) is 0 Å². The Bertz CT molecular complexity index is 724. The number of benzene rings is 1. The summed E-state index contributed by atoms with van der Waals surface area (Å²) in [6.45, 7) is 1.28. The van der Waals surface area contributed by atoms with E-state index in [4.69, 9.17) is 9.15 Å². The number of ether oxygens (including phenoxy) is 1. The van der Waals surface area contributed by atoms with Crippen LogP contribution in [-0.4, -0.2) is 18.0 Å². The molecule has 0 amide bonds. The number of para-hydroxylation sites is 1. The van der Waals surface area contributed by atoms with E-state index in [1.807, 2.05) is 0 Å². The van der Waals surface area contributed by atoms with Crippen molar-refractivity contribution in [3.8, 4) is 5.75 Å². The summed E-state index contributed by atoms with van der Waals surface area (Å²) in [5.74, 6) is -0.343. The maximum Gasteiger partial charge on any atom is 0.347 e. The highest BCUT2D eigenvalue weighted by atomic mass is 16.5. The Morgan fingerprint density at radius 2 is 2.16 bits per heavy atom. The summed E-state index contributed by atoms with van der Waals surface area (Å²) in [6.07, 6.45) is 0.970. The molecular formula is C14H12O5. The van der Waals surface area contributed by atoms with Crippen LogP contribution in [0.4, 0.5) is 0 Å². The van der Waals surface area contributed by atoms with Crippen molar-refractivity contribution in [2.75, 3.05) is 7.11 Å². The van der Waals surface area contributed by atoms with Crippen molar-refractivity contribution >= 4 is 22.5 Å². The number of aliphatic hydroxyl groups excluding tert-OH is 1. The fourth-order valence-electron chi connectivity index (χ4n) is 1.73. The summed E-state index contributed by atoms with van der Waals surface area (Å²) < 4.78 is 10.2. The molecule has 0 saturated carbocycles. The van der Waals surface area contributed by atoms with Crippen molar-refractivity contribution in [2.45, 2.75) is 6.92 Å². The minimum atomic E-state index is -0.730. The molecule has 0 aliphatic rings. The lowest BCUT2D eigenvalue weighted by molar-refractivity contribution is -0.112. The van der Waals surface area contributed by atoms with Gasteiger partial charge in [0.25, 0.3) is 0 Å². The lowest BCUT2D eigenvalue weighted by atomic mass is 10.1. The van der Waals surface area contributed by atoms with Crippen LogP contribution in [0, 0.1) is 0 Å². The Kier molecular flexibility index (Phi) is 3.37. The van der Waals surface area contributed by atoms with Crippen LogP contribution >= 0.6 is 0 Å². The third-order valence-electron chi connectivity index (χ3n) is 2.56. The molecule has 0 spiro atoms. The number of aliphatic hydroxyl groups is 1. The summed E-state index contributed by atoms with van der Waals surface area (Å²) in [4.78, 5) is 22.7. The number of fused-ring (bicyclic) bond motifs is 1. The van der Waals surface area contributed by atoms with E-state index in [0.29, 0.717) is 16.7 Å². The van der Waals surface area contributed by atoms with E-state index in [1.165, 1.54) is 20.1 Å². The van der Waals surface area contributed by atoms with Gasteiger partial charge in [0, 0.05) is 11.5 Å². The summed E-state index contributed by atoms with van der Waals surface area (Å²) >= 11 is 0. The molecule has 5 heteroatoms. The molecular weight excluding hydrogens is 248 g/mol. The van der Waals surface area contributed by atoms with Gasteiger partial charge in [0.2, 0.25) is 0 Å². The van der Waals surface area contributed by atoms with E-state index in [-0.39, 0.29) is 11.3 Å². The predicted molar refractivity (Wildman–Crippen MR) is 70.3 cm³/mol. The van der Waals surface area contributed by atoms with Crippen LogP contribution in [0.3, 0.4) is 0 Å². The van der Waals surface area contributed by atoms with Gasteiger partial charge >= 0.3 is 5.63 Å². The monoisotopic (exact) mass is 260 g/mol. The van der Waals surface area contributed by atoms with E-state index in [0.717, 1.165) is 6.08 Å². The van der Waals surface area contributed by atoms with Crippen molar-refractivity contribution in [1.29, 1.82) is 0 Å². The second-order valence-corrected chi connectivity index (χ2v) is 3.97. The van der Waals surface area contributed by atoms with Gasteiger partial charge in [-0.2, -0.15) is 0 Å². The molecule has 1 N–H and O–H groups in total. The van der Waals surface area contributed by atoms with Gasteiger partial charge in [0.1, 0.15) is 11.3 Å². The fourth-order valence-corrected chi connectivity index (χ4v) is 1.73. The minimum Gasteiger partial charge on any atom is -0.507 e. The molecule has 0 bridgehead atoms. The van der Waals surface area contributed by atoms with Crippen LogP contribution in [0.15, 0.2) is 39.6 Å². The zero-order valence-electron chi connectivity index (χ0n) is 10.5. The number of carbonyl (C=O) groups excluding carboxylic acids is 1. The van der Waals surface area contributed by atoms with Gasteiger partial charge in [-0.25, -0.2) is 4.79 Å². The van der Waals surface area contributed by atoms with Crippen molar-refractivity contribution < 1.29 is 19.1 Å². The molecule has 0 radical (unpaired) electrons. The van der Waals surface area contributed by atoms with Crippen molar-refractivity contribution in [3.05, 3.63) is 46.3 Å². The summed E-state index contributed by atoms with van der Waals surface area (Å²) in [7, 11) is 1.47. The molecule has 98 valence electrons. The van der Waals surface area contributed by atoms with Crippen LogP contribution in [0.1, 0.15) is 12.5 Å². The van der Waals surface area contributed by atoms with Gasteiger partial charge in [0.15, 0.2) is 17.1 Å². The number of ketones is 1. The second-order valence-electron chi connectivity index (χ2n) is 3.97. The van der Waals surface area contributed by atoms with Crippen LogP contribution < -0.4 is 10.4 Å². The smallest absolute Gasteiger partial charge is 0.347 e. The average molecular weight is 260 g/mol. The van der Waals surface area contributed by atoms with E-state index < -0.39 is 11.4 Å². The molecule has 0 fully saturated rings. The number of allylic oxidation sites excluding steroid dienone is 1. The maximum absolute atomic E-state index is 11.8.